The maximum absolute atomic E-state index is 10.5. The van der Waals surface area contributed by atoms with Crippen LogP contribution in [0.2, 0.25) is 0 Å². The first-order chi connectivity index (χ1) is 4.70. The summed E-state index contributed by atoms with van der Waals surface area (Å²) in [7, 11) is 0. The topological polar surface area (TPSA) is 17.1 Å². The molecular weight excluding hydrogens is 215 g/mol. The van der Waals surface area contributed by atoms with Crippen molar-refractivity contribution in [3.63, 3.8) is 0 Å². The van der Waals surface area contributed by atoms with Gasteiger partial charge in [0.05, 0.1) is 0 Å². The van der Waals surface area contributed by atoms with Crippen molar-refractivity contribution in [1.29, 1.82) is 0 Å². The van der Waals surface area contributed by atoms with Crippen LogP contribution >= 0.6 is 27.5 Å². The molecule has 0 spiro atoms. The number of halogens is 2. The average Bonchev–Trinajstić information content (AvgIpc) is 1.88. The highest BCUT2D eigenvalue weighted by atomic mass is 79.9. The number of hydrogen-bond donors (Lipinski definition) is 0. The van der Waals surface area contributed by atoms with E-state index in [4.69, 9.17) is 11.6 Å². The Morgan fingerprint density at radius 1 is 1.80 bits per heavy atom. The van der Waals surface area contributed by atoms with Crippen molar-refractivity contribution in [2.75, 3.05) is 0 Å². The molecule has 0 saturated heterocycles. The zero-order valence-corrected chi connectivity index (χ0v) is 7.52. The van der Waals surface area contributed by atoms with E-state index in [-0.39, 0.29) is 5.24 Å². The highest BCUT2D eigenvalue weighted by Crippen LogP contribution is 2.17. The van der Waals surface area contributed by atoms with Gasteiger partial charge in [0.2, 0.25) is 0 Å². The van der Waals surface area contributed by atoms with Crippen molar-refractivity contribution in [2.24, 2.45) is 0 Å². The Balaban J connectivity index is 2.67. The highest BCUT2D eigenvalue weighted by Gasteiger charge is 2.08. The van der Waals surface area contributed by atoms with Crippen molar-refractivity contribution in [3.05, 3.63) is 23.8 Å². The summed E-state index contributed by atoms with van der Waals surface area (Å²) in [6, 6.07) is 0. The average molecular weight is 221 g/mol. The minimum atomic E-state index is -0.379. The molecule has 54 valence electrons. The monoisotopic (exact) mass is 220 g/mol. The third kappa shape index (κ3) is 1.96. The van der Waals surface area contributed by atoms with Crippen LogP contribution in [0.3, 0.4) is 0 Å². The molecule has 1 aliphatic carbocycles. The van der Waals surface area contributed by atoms with E-state index in [9.17, 15) is 4.79 Å². The Labute approximate surface area is 72.9 Å². The Hall–Kier alpha value is -0.0800. The molecule has 1 nitrogen and oxygen atoms in total. The predicted molar refractivity (Wildman–Crippen MR) is 45.4 cm³/mol. The van der Waals surface area contributed by atoms with E-state index in [0.717, 1.165) is 6.42 Å². The van der Waals surface area contributed by atoms with Crippen LogP contribution in [-0.4, -0.2) is 10.1 Å². The second kappa shape index (κ2) is 3.35. The van der Waals surface area contributed by atoms with Crippen molar-refractivity contribution in [2.45, 2.75) is 11.2 Å². The molecule has 0 radical (unpaired) electrons. The van der Waals surface area contributed by atoms with Gasteiger partial charge in [-0.05, 0) is 18.0 Å². The van der Waals surface area contributed by atoms with Gasteiger partial charge in [-0.3, -0.25) is 4.79 Å². The number of allylic oxidation sites excluding steroid dienone is 4. The van der Waals surface area contributed by atoms with Gasteiger partial charge < -0.3 is 0 Å². The second-order valence-electron chi connectivity index (χ2n) is 2.04. The van der Waals surface area contributed by atoms with Crippen LogP contribution in [0.25, 0.3) is 0 Å². The first kappa shape index (κ1) is 8.02. The molecule has 0 aromatic rings. The summed E-state index contributed by atoms with van der Waals surface area (Å²) in [5.41, 5.74) is 0.595. The fraction of sp³-hybridized carbons (Fsp3) is 0.286. The van der Waals surface area contributed by atoms with Crippen LogP contribution in [0, 0.1) is 0 Å². The van der Waals surface area contributed by atoms with Crippen LogP contribution in [0.4, 0.5) is 0 Å². The van der Waals surface area contributed by atoms with E-state index < -0.39 is 0 Å². The highest BCUT2D eigenvalue weighted by molar-refractivity contribution is 9.09. The number of carbonyl (C=O) groups is 1. The van der Waals surface area contributed by atoms with Crippen molar-refractivity contribution < 1.29 is 4.79 Å². The summed E-state index contributed by atoms with van der Waals surface area (Å²) in [5.74, 6) is 0. The molecule has 10 heavy (non-hydrogen) atoms. The summed E-state index contributed by atoms with van der Waals surface area (Å²) in [5, 5.41) is -0.379. The molecule has 1 aliphatic rings. The summed E-state index contributed by atoms with van der Waals surface area (Å²) >= 11 is 8.61. The first-order valence-corrected chi connectivity index (χ1v) is 4.22. The van der Waals surface area contributed by atoms with E-state index in [1.807, 2.05) is 12.2 Å². The van der Waals surface area contributed by atoms with Gasteiger partial charge in [-0.1, -0.05) is 34.2 Å². The number of hydrogen-bond acceptors (Lipinski definition) is 1. The Morgan fingerprint density at radius 2 is 2.50 bits per heavy atom. The lowest BCUT2D eigenvalue weighted by Crippen LogP contribution is -2.00. The van der Waals surface area contributed by atoms with Gasteiger partial charge in [-0.15, -0.1) is 0 Å². The molecule has 0 amide bonds. The summed E-state index contributed by atoms with van der Waals surface area (Å²) < 4.78 is 0. The van der Waals surface area contributed by atoms with E-state index in [1.165, 1.54) is 0 Å². The Bertz CT molecular complexity index is 208. The first-order valence-electron chi connectivity index (χ1n) is 2.92. The molecule has 0 heterocycles. The predicted octanol–water partition coefficient (Wildman–Crippen LogP) is 2.40. The zero-order chi connectivity index (χ0) is 7.56. The van der Waals surface area contributed by atoms with Crippen molar-refractivity contribution >= 4 is 32.8 Å². The summed E-state index contributed by atoms with van der Waals surface area (Å²) in [6.45, 7) is 0. The molecule has 0 bridgehead atoms. The molecule has 0 aromatic heterocycles. The number of alkyl halides is 1. The van der Waals surface area contributed by atoms with Crippen LogP contribution in [0.1, 0.15) is 6.42 Å². The van der Waals surface area contributed by atoms with Crippen LogP contribution < -0.4 is 0 Å². The largest absolute Gasteiger partial charge is 0.276 e. The zero-order valence-electron chi connectivity index (χ0n) is 5.18. The second-order valence-corrected chi connectivity index (χ2v) is 3.56. The van der Waals surface area contributed by atoms with E-state index in [2.05, 4.69) is 15.9 Å². The lowest BCUT2D eigenvalue weighted by atomic mass is 10.1. The van der Waals surface area contributed by atoms with E-state index in [0.29, 0.717) is 10.4 Å². The van der Waals surface area contributed by atoms with Gasteiger partial charge in [0.25, 0.3) is 5.24 Å². The van der Waals surface area contributed by atoms with Gasteiger partial charge in [0, 0.05) is 10.4 Å². The van der Waals surface area contributed by atoms with Crippen molar-refractivity contribution in [1.82, 2.24) is 0 Å². The van der Waals surface area contributed by atoms with Gasteiger partial charge in [-0.2, -0.15) is 0 Å². The fourth-order valence-corrected chi connectivity index (χ4v) is 1.22. The third-order valence-electron chi connectivity index (χ3n) is 1.27. The number of carbonyl (C=O) groups excluding carboxylic acids is 1. The maximum atomic E-state index is 10.5. The fourth-order valence-electron chi connectivity index (χ4n) is 0.740. The molecule has 0 saturated carbocycles. The van der Waals surface area contributed by atoms with Crippen LogP contribution in [-0.2, 0) is 4.79 Å². The molecule has 0 N–H and O–H groups in total. The van der Waals surface area contributed by atoms with Gasteiger partial charge in [0.15, 0.2) is 0 Å². The van der Waals surface area contributed by atoms with Gasteiger partial charge >= 0.3 is 0 Å². The minimum absolute atomic E-state index is 0.354. The normalized spacial score (nSPS) is 24.2. The Kier molecular flexibility index (Phi) is 2.69. The molecule has 0 aromatic carbocycles. The minimum Gasteiger partial charge on any atom is -0.276 e. The van der Waals surface area contributed by atoms with Gasteiger partial charge in [-0.25, -0.2) is 0 Å². The quantitative estimate of drug-likeness (QED) is 0.491. The van der Waals surface area contributed by atoms with Crippen molar-refractivity contribution in [3.8, 4) is 0 Å². The van der Waals surface area contributed by atoms with Crippen LogP contribution in [0.15, 0.2) is 23.8 Å². The molecule has 0 aliphatic heterocycles. The molecular formula is C7H6BrClO. The third-order valence-corrected chi connectivity index (χ3v) is 2.17. The summed E-state index contributed by atoms with van der Waals surface area (Å²) in [4.78, 5) is 10.9. The lowest BCUT2D eigenvalue weighted by molar-refractivity contribution is -0.108. The number of rotatable bonds is 1. The molecule has 0 unspecified atom stereocenters. The maximum Gasteiger partial charge on any atom is 0.252 e. The smallest absolute Gasteiger partial charge is 0.252 e. The van der Waals surface area contributed by atoms with Gasteiger partial charge in [0.1, 0.15) is 0 Å². The molecule has 1 rings (SSSR count). The molecule has 0 fully saturated rings. The van der Waals surface area contributed by atoms with E-state index in [1.54, 1.807) is 6.08 Å². The standard InChI is InChI=1S/C7H6BrClO/c8-6-3-1-5(2-4-6)7(9)10/h1-3,6H,4H2/t6-/m1/s1. The SMILES string of the molecule is O=C(Cl)C1=CC[C@H](Br)C=C1. The van der Waals surface area contributed by atoms with Crippen LogP contribution in [0.5, 0.6) is 0 Å². The Morgan fingerprint density at radius 3 is 2.90 bits per heavy atom. The lowest BCUT2D eigenvalue weighted by Gasteiger charge is -2.06. The van der Waals surface area contributed by atoms with E-state index >= 15 is 0 Å². The molecule has 3 heteroatoms. The molecule has 1 atom stereocenters. The summed E-state index contributed by atoms with van der Waals surface area (Å²) in [6.07, 6.45) is 6.31.